The topological polar surface area (TPSA) is 32.7 Å². The summed E-state index contributed by atoms with van der Waals surface area (Å²) in [7, 11) is 0. The third-order valence-electron chi connectivity index (χ3n) is 4.83. The van der Waals surface area contributed by atoms with Gasteiger partial charge in [-0.15, -0.1) is 0 Å². The van der Waals surface area contributed by atoms with E-state index in [-0.39, 0.29) is 18.9 Å². The second kappa shape index (κ2) is 5.84. The molecule has 3 atom stereocenters. The molecule has 0 radical (unpaired) electrons. The normalized spacial score (nSPS) is 28.0. The molecule has 0 aromatic heterocycles. The number of hydrogen-bond donors (Lipinski definition) is 1. The van der Waals surface area contributed by atoms with Gasteiger partial charge in [0.1, 0.15) is 6.23 Å². The van der Waals surface area contributed by atoms with Gasteiger partial charge < -0.3 is 9.84 Å². The highest BCUT2D eigenvalue weighted by molar-refractivity contribution is 5.35. The fourth-order valence-electron chi connectivity index (χ4n) is 3.79. The van der Waals surface area contributed by atoms with Crippen LogP contribution in [0.5, 0.6) is 0 Å². The zero-order valence-electron chi connectivity index (χ0n) is 12.6. The van der Waals surface area contributed by atoms with Crippen LogP contribution < -0.4 is 0 Å². The largest absolute Gasteiger partial charge is 0.394 e. The Labute approximate surface area is 131 Å². The summed E-state index contributed by atoms with van der Waals surface area (Å²) in [5, 5.41) is 9.53. The molecule has 3 unspecified atom stereocenters. The third kappa shape index (κ3) is 2.35. The van der Waals surface area contributed by atoms with Gasteiger partial charge in [0.15, 0.2) is 0 Å². The first-order valence-electron chi connectivity index (χ1n) is 8.01. The number of aliphatic hydroxyl groups is 1. The molecular formula is C19H21NO2. The summed E-state index contributed by atoms with van der Waals surface area (Å²) in [6, 6.07) is 19.4. The molecule has 1 fully saturated rings. The Morgan fingerprint density at radius 2 is 1.82 bits per heavy atom. The van der Waals surface area contributed by atoms with Gasteiger partial charge in [0.2, 0.25) is 0 Å². The number of ether oxygens (including phenoxy) is 1. The minimum absolute atomic E-state index is 0.0606. The van der Waals surface area contributed by atoms with Gasteiger partial charge >= 0.3 is 0 Å². The van der Waals surface area contributed by atoms with Gasteiger partial charge in [-0.25, -0.2) is 0 Å². The van der Waals surface area contributed by atoms with E-state index in [0.29, 0.717) is 6.04 Å². The van der Waals surface area contributed by atoms with Crippen molar-refractivity contribution in [2.45, 2.75) is 31.2 Å². The highest BCUT2D eigenvalue weighted by Crippen LogP contribution is 2.43. The first-order chi connectivity index (χ1) is 10.9. The first-order valence-corrected chi connectivity index (χ1v) is 8.01. The lowest BCUT2D eigenvalue weighted by Crippen LogP contribution is -2.29. The summed E-state index contributed by atoms with van der Waals surface area (Å²) in [6.45, 7) is 0.864. The molecule has 0 spiro atoms. The van der Waals surface area contributed by atoms with Crippen LogP contribution in [0.2, 0.25) is 0 Å². The van der Waals surface area contributed by atoms with E-state index < -0.39 is 0 Å². The second-order valence-electron chi connectivity index (χ2n) is 6.15. The fraction of sp³-hybridized carbons (Fsp3) is 0.368. The third-order valence-corrected chi connectivity index (χ3v) is 4.83. The standard InChI is InChI=1S/C19H21NO2/c21-13-16-12-20(19(22-16)15-7-2-1-3-8-15)18-11-10-14-6-4-5-9-17(14)18/h1-9,16,18-19,21H,10-13H2. The van der Waals surface area contributed by atoms with Gasteiger partial charge in [-0.2, -0.15) is 0 Å². The van der Waals surface area contributed by atoms with Crippen molar-refractivity contribution in [1.29, 1.82) is 0 Å². The molecule has 4 rings (SSSR count). The molecule has 3 nitrogen and oxygen atoms in total. The van der Waals surface area contributed by atoms with E-state index in [0.717, 1.165) is 19.4 Å². The second-order valence-corrected chi connectivity index (χ2v) is 6.15. The van der Waals surface area contributed by atoms with Crippen LogP contribution in [0.3, 0.4) is 0 Å². The van der Waals surface area contributed by atoms with Gasteiger partial charge in [-0.3, -0.25) is 4.90 Å². The van der Waals surface area contributed by atoms with Crippen molar-refractivity contribution in [3.63, 3.8) is 0 Å². The van der Waals surface area contributed by atoms with E-state index in [4.69, 9.17) is 4.74 Å². The Hall–Kier alpha value is -1.68. The maximum absolute atomic E-state index is 9.53. The van der Waals surface area contributed by atoms with Crippen molar-refractivity contribution in [2.24, 2.45) is 0 Å². The maximum atomic E-state index is 9.53. The first kappa shape index (κ1) is 13.9. The summed E-state index contributed by atoms with van der Waals surface area (Å²) in [4.78, 5) is 2.42. The van der Waals surface area contributed by atoms with Crippen LogP contribution in [0.15, 0.2) is 54.6 Å². The molecule has 1 aliphatic heterocycles. The van der Waals surface area contributed by atoms with E-state index in [1.807, 2.05) is 18.2 Å². The van der Waals surface area contributed by atoms with Gasteiger partial charge in [-0.1, -0.05) is 54.6 Å². The van der Waals surface area contributed by atoms with E-state index >= 15 is 0 Å². The van der Waals surface area contributed by atoms with E-state index in [9.17, 15) is 5.11 Å². The minimum atomic E-state index is -0.0991. The Morgan fingerprint density at radius 3 is 2.64 bits per heavy atom. The number of aryl methyl sites for hydroxylation is 1. The van der Waals surface area contributed by atoms with Gasteiger partial charge in [0.05, 0.1) is 12.7 Å². The molecule has 1 saturated heterocycles. The lowest BCUT2D eigenvalue weighted by Gasteiger charge is -2.29. The molecule has 22 heavy (non-hydrogen) atoms. The molecule has 114 valence electrons. The highest BCUT2D eigenvalue weighted by atomic mass is 16.5. The molecule has 2 aliphatic rings. The molecule has 0 saturated carbocycles. The van der Waals surface area contributed by atoms with Crippen molar-refractivity contribution in [3.05, 3.63) is 71.3 Å². The fourth-order valence-corrected chi connectivity index (χ4v) is 3.79. The number of benzene rings is 2. The predicted molar refractivity (Wildman–Crippen MR) is 85.4 cm³/mol. The van der Waals surface area contributed by atoms with Crippen molar-refractivity contribution in [2.75, 3.05) is 13.2 Å². The number of nitrogens with zero attached hydrogens (tertiary/aromatic N) is 1. The van der Waals surface area contributed by atoms with E-state index in [1.54, 1.807) is 0 Å². The lowest BCUT2D eigenvalue weighted by molar-refractivity contribution is -0.0306. The summed E-state index contributed by atoms with van der Waals surface area (Å²) in [6.07, 6.45) is 2.10. The maximum Gasteiger partial charge on any atom is 0.137 e. The van der Waals surface area contributed by atoms with E-state index in [1.165, 1.54) is 16.7 Å². The Morgan fingerprint density at radius 1 is 1.05 bits per heavy atom. The van der Waals surface area contributed by atoms with Gasteiger partial charge in [-0.05, 0) is 29.5 Å². The SMILES string of the molecule is OCC1CN(C2CCc3ccccc32)C(c2ccccc2)O1. The molecule has 0 bridgehead atoms. The molecule has 2 aromatic carbocycles. The number of hydrogen-bond acceptors (Lipinski definition) is 3. The smallest absolute Gasteiger partial charge is 0.137 e. The van der Waals surface area contributed by atoms with Crippen LogP contribution in [0, 0.1) is 0 Å². The highest BCUT2D eigenvalue weighted by Gasteiger charge is 2.40. The summed E-state index contributed by atoms with van der Waals surface area (Å²) >= 11 is 0. The Balaban J connectivity index is 1.67. The van der Waals surface area contributed by atoms with Crippen LogP contribution in [-0.4, -0.2) is 29.3 Å². The molecule has 2 aromatic rings. The quantitative estimate of drug-likeness (QED) is 0.944. The van der Waals surface area contributed by atoms with Crippen LogP contribution in [0.1, 0.15) is 35.4 Å². The van der Waals surface area contributed by atoms with Crippen molar-refractivity contribution < 1.29 is 9.84 Å². The van der Waals surface area contributed by atoms with Crippen molar-refractivity contribution >= 4 is 0 Å². The number of fused-ring (bicyclic) bond motifs is 1. The summed E-state index contributed by atoms with van der Waals surface area (Å²) < 4.78 is 6.11. The molecule has 1 N–H and O–H groups in total. The average molecular weight is 295 g/mol. The summed E-state index contributed by atoms with van der Waals surface area (Å²) in [5.41, 5.74) is 4.04. The van der Waals surface area contributed by atoms with Crippen LogP contribution in [-0.2, 0) is 11.2 Å². The predicted octanol–water partition coefficient (Wildman–Crippen LogP) is 3.07. The number of rotatable bonds is 3. The Kier molecular flexibility index (Phi) is 3.70. The van der Waals surface area contributed by atoms with Crippen molar-refractivity contribution in [3.8, 4) is 0 Å². The van der Waals surface area contributed by atoms with Crippen molar-refractivity contribution in [1.82, 2.24) is 4.90 Å². The van der Waals surface area contributed by atoms with Crippen LogP contribution in [0.4, 0.5) is 0 Å². The molecule has 1 aliphatic carbocycles. The lowest BCUT2D eigenvalue weighted by atomic mass is 10.1. The molecule has 3 heteroatoms. The van der Waals surface area contributed by atoms with Gasteiger partial charge in [0.25, 0.3) is 0 Å². The monoisotopic (exact) mass is 295 g/mol. The van der Waals surface area contributed by atoms with Crippen LogP contribution >= 0.6 is 0 Å². The number of aliphatic hydroxyl groups excluding tert-OH is 1. The van der Waals surface area contributed by atoms with Crippen LogP contribution in [0.25, 0.3) is 0 Å². The average Bonchev–Trinajstić information content (AvgIpc) is 3.19. The Bertz CT molecular complexity index is 643. The van der Waals surface area contributed by atoms with E-state index in [2.05, 4.69) is 41.3 Å². The summed E-state index contributed by atoms with van der Waals surface area (Å²) in [5.74, 6) is 0. The minimum Gasteiger partial charge on any atom is -0.394 e. The molecular weight excluding hydrogens is 274 g/mol. The zero-order valence-corrected chi connectivity index (χ0v) is 12.6. The molecule has 1 heterocycles. The molecule has 0 amide bonds. The van der Waals surface area contributed by atoms with Gasteiger partial charge in [0, 0.05) is 12.6 Å². The zero-order chi connectivity index (χ0) is 14.9.